The summed E-state index contributed by atoms with van der Waals surface area (Å²) in [5, 5.41) is 10.5. The Labute approximate surface area is 165 Å². The van der Waals surface area contributed by atoms with Crippen LogP contribution in [0.1, 0.15) is 22.5 Å². The van der Waals surface area contributed by atoms with Gasteiger partial charge in [0.05, 0.1) is 19.0 Å². The quantitative estimate of drug-likeness (QED) is 0.567. The average molecular weight is 383 g/mol. The highest BCUT2D eigenvalue weighted by molar-refractivity contribution is 5.25. The highest BCUT2D eigenvalue weighted by atomic mass is 19.1. The molecule has 1 aromatic heterocycles. The lowest BCUT2D eigenvalue weighted by Crippen LogP contribution is -2.34. The number of hydrogen-bond donors (Lipinski definition) is 1. The van der Waals surface area contributed by atoms with Crippen LogP contribution in [0.25, 0.3) is 0 Å². The van der Waals surface area contributed by atoms with Crippen LogP contribution in [0.3, 0.4) is 0 Å². The molecule has 3 aromatic rings. The maximum atomic E-state index is 13.2. The molecular weight excluding hydrogens is 357 g/mol. The number of aryl methyl sites for hydroxylation is 1. The Bertz CT molecular complexity index is 833. The molecule has 0 aliphatic carbocycles. The first-order valence-electron chi connectivity index (χ1n) is 9.39. The lowest BCUT2D eigenvalue weighted by Gasteiger charge is -2.26. The molecule has 0 amide bonds. The van der Waals surface area contributed by atoms with Crippen molar-refractivity contribution in [2.75, 3.05) is 13.2 Å². The van der Waals surface area contributed by atoms with Crippen molar-refractivity contribution >= 4 is 0 Å². The van der Waals surface area contributed by atoms with Gasteiger partial charge in [0.2, 0.25) is 0 Å². The van der Waals surface area contributed by atoms with Gasteiger partial charge in [0.15, 0.2) is 0 Å². The molecule has 0 aliphatic heterocycles. The Morgan fingerprint density at radius 2 is 1.82 bits per heavy atom. The number of furan rings is 1. The monoisotopic (exact) mass is 383 g/mol. The van der Waals surface area contributed by atoms with Crippen LogP contribution in [0.4, 0.5) is 4.39 Å². The third-order valence-electron chi connectivity index (χ3n) is 4.58. The summed E-state index contributed by atoms with van der Waals surface area (Å²) in [6.07, 6.45) is 0.960. The molecule has 1 N–H and O–H groups in total. The Morgan fingerprint density at radius 3 is 2.54 bits per heavy atom. The molecule has 0 spiro atoms. The van der Waals surface area contributed by atoms with E-state index in [-0.39, 0.29) is 12.4 Å². The Hall–Kier alpha value is -2.47. The van der Waals surface area contributed by atoms with Crippen LogP contribution in [-0.2, 0) is 24.4 Å². The van der Waals surface area contributed by atoms with E-state index < -0.39 is 6.10 Å². The molecule has 3 rings (SSSR count). The molecule has 0 bridgehead atoms. The van der Waals surface area contributed by atoms with Gasteiger partial charge in [0.25, 0.3) is 0 Å². The lowest BCUT2D eigenvalue weighted by atomic mass is 10.1. The summed E-state index contributed by atoms with van der Waals surface area (Å²) in [6, 6.07) is 18.3. The SMILES string of the molecule is Cc1ccccc1CN(Cc1ccc(F)cc1)C[C@H](O)COCc1ccco1. The van der Waals surface area contributed by atoms with Gasteiger partial charge in [-0.1, -0.05) is 36.4 Å². The number of aliphatic hydroxyl groups excluding tert-OH is 1. The molecule has 2 aromatic carbocycles. The zero-order chi connectivity index (χ0) is 19.8. The normalized spacial score (nSPS) is 12.4. The van der Waals surface area contributed by atoms with E-state index in [9.17, 15) is 9.50 Å². The molecule has 0 fully saturated rings. The molecule has 0 aliphatic rings. The predicted octanol–water partition coefficient (Wildman–Crippen LogP) is 4.31. The summed E-state index contributed by atoms with van der Waals surface area (Å²) >= 11 is 0. The second kappa shape index (κ2) is 10.2. The molecule has 0 radical (unpaired) electrons. The number of ether oxygens (including phenoxy) is 1. The van der Waals surface area contributed by atoms with E-state index in [4.69, 9.17) is 9.15 Å². The van der Waals surface area contributed by atoms with Crippen LogP contribution >= 0.6 is 0 Å². The van der Waals surface area contributed by atoms with Gasteiger partial charge >= 0.3 is 0 Å². The van der Waals surface area contributed by atoms with E-state index in [2.05, 4.69) is 24.0 Å². The van der Waals surface area contributed by atoms with Crippen LogP contribution < -0.4 is 0 Å². The summed E-state index contributed by atoms with van der Waals surface area (Å²) < 4.78 is 24.0. The predicted molar refractivity (Wildman–Crippen MR) is 106 cm³/mol. The van der Waals surface area contributed by atoms with Crippen LogP contribution in [-0.4, -0.2) is 29.3 Å². The van der Waals surface area contributed by atoms with Crippen LogP contribution in [0.15, 0.2) is 71.3 Å². The number of benzene rings is 2. The van der Waals surface area contributed by atoms with Gasteiger partial charge in [0.1, 0.15) is 18.2 Å². The minimum absolute atomic E-state index is 0.217. The number of rotatable bonds is 10. The summed E-state index contributed by atoms with van der Waals surface area (Å²) in [4.78, 5) is 2.15. The number of nitrogens with zero attached hydrogens (tertiary/aromatic N) is 1. The van der Waals surface area contributed by atoms with E-state index in [0.717, 1.165) is 11.3 Å². The zero-order valence-electron chi connectivity index (χ0n) is 16.1. The zero-order valence-corrected chi connectivity index (χ0v) is 16.1. The van der Waals surface area contributed by atoms with E-state index in [1.54, 1.807) is 18.4 Å². The van der Waals surface area contributed by atoms with Gasteiger partial charge in [-0.05, 0) is 47.9 Å². The van der Waals surface area contributed by atoms with Crippen molar-refractivity contribution in [2.45, 2.75) is 32.7 Å². The van der Waals surface area contributed by atoms with Gasteiger partial charge in [-0.15, -0.1) is 0 Å². The van der Waals surface area contributed by atoms with E-state index in [1.165, 1.54) is 23.3 Å². The fraction of sp³-hybridized carbons (Fsp3) is 0.304. The van der Waals surface area contributed by atoms with E-state index in [0.29, 0.717) is 26.2 Å². The van der Waals surface area contributed by atoms with Gasteiger partial charge in [0, 0.05) is 19.6 Å². The van der Waals surface area contributed by atoms with Gasteiger partial charge in [-0.2, -0.15) is 0 Å². The lowest BCUT2D eigenvalue weighted by molar-refractivity contribution is 0.00250. The topological polar surface area (TPSA) is 45.8 Å². The molecule has 1 atom stereocenters. The summed E-state index contributed by atoms with van der Waals surface area (Å²) in [5.74, 6) is 0.482. The van der Waals surface area contributed by atoms with Gasteiger partial charge in [-0.3, -0.25) is 4.90 Å². The standard InChI is InChI=1S/C23H26FNO3/c1-18-5-2-3-6-20(18)14-25(13-19-8-10-21(24)11-9-19)15-22(26)16-27-17-23-7-4-12-28-23/h2-12,22,26H,13-17H2,1H3/t22-/m0/s1. The van der Waals surface area contributed by atoms with Crippen molar-refractivity contribution < 1.29 is 18.7 Å². The van der Waals surface area contributed by atoms with Gasteiger partial charge in [-0.25, -0.2) is 4.39 Å². The molecule has 0 unspecified atom stereocenters. The highest BCUT2D eigenvalue weighted by Crippen LogP contribution is 2.15. The van der Waals surface area contributed by atoms with Crippen LogP contribution in [0.5, 0.6) is 0 Å². The molecule has 28 heavy (non-hydrogen) atoms. The fourth-order valence-electron chi connectivity index (χ4n) is 3.10. The Balaban J connectivity index is 1.60. The summed E-state index contributed by atoms with van der Waals surface area (Å²) in [5.41, 5.74) is 3.40. The highest BCUT2D eigenvalue weighted by Gasteiger charge is 2.15. The maximum absolute atomic E-state index is 13.2. The van der Waals surface area contributed by atoms with E-state index in [1.807, 2.05) is 24.3 Å². The third-order valence-corrected chi connectivity index (χ3v) is 4.58. The minimum atomic E-state index is -0.639. The molecule has 0 saturated heterocycles. The van der Waals surface area contributed by atoms with Crippen molar-refractivity contribution in [1.29, 1.82) is 0 Å². The molecule has 4 nitrogen and oxygen atoms in total. The van der Waals surface area contributed by atoms with Crippen LogP contribution in [0.2, 0.25) is 0 Å². The molecule has 1 heterocycles. The number of aliphatic hydroxyl groups is 1. The summed E-state index contributed by atoms with van der Waals surface area (Å²) in [7, 11) is 0. The molecule has 148 valence electrons. The van der Waals surface area contributed by atoms with Crippen molar-refractivity contribution in [3.05, 3.63) is 95.2 Å². The molecular formula is C23H26FNO3. The number of hydrogen-bond acceptors (Lipinski definition) is 4. The maximum Gasteiger partial charge on any atom is 0.129 e. The summed E-state index contributed by atoms with van der Waals surface area (Å²) in [6.45, 7) is 4.38. The largest absolute Gasteiger partial charge is 0.467 e. The second-order valence-corrected chi connectivity index (χ2v) is 6.97. The molecule has 5 heteroatoms. The van der Waals surface area contributed by atoms with Crippen molar-refractivity contribution in [3.8, 4) is 0 Å². The first kappa shape index (κ1) is 20.3. The molecule has 0 saturated carbocycles. The van der Waals surface area contributed by atoms with Gasteiger partial charge < -0.3 is 14.3 Å². The second-order valence-electron chi connectivity index (χ2n) is 6.97. The minimum Gasteiger partial charge on any atom is -0.467 e. The third kappa shape index (κ3) is 6.30. The Morgan fingerprint density at radius 1 is 1.04 bits per heavy atom. The number of halogens is 1. The average Bonchev–Trinajstić information content (AvgIpc) is 3.19. The van der Waals surface area contributed by atoms with Crippen molar-refractivity contribution in [3.63, 3.8) is 0 Å². The first-order chi connectivity index (χ1) is 13.6. The smallest absolute Gasteiger partial charge is 0.129 e. The fourth-order valence-corrected chi connectivity index (χ4v) is 3.10. The Kier molecular flexibility index (Phi) is 7.37. The van der Waals surface area contributed by atoms with Crippen molar-refractivity contribution in [1.82, 2.24) is 4.90 Å². The van der Waals surface area contributed by atoms with Crippen LogP contribution in [0, 0.1) is 12.7 Å². The van der Waals surface area contributed by atoms with Crippen molar-refractivity contribution in [2.24, 2.45) is 0 Å². The van der Waals surface area contributed by atoms with E-state index >= 15 is 0 Å². The first-order valence-corrected chi connectivity index (χ1v) is 9.39.